The summed E-state index contributed by atoms with van der Waals surface area (Å²) >= 11 is 0. The molecule has 0 amide bonds. The molecule has 0 bridgehead atoms. The highest BCUT2D eigenvalue weighted by molar-refractivity contribution is 6.00. The Kier molecular flexibility index (Phi) is 2.47. The van der Waals surface area contributed by atoms with Crippen LogP contribution in [0.2, 0.25) is 0 Å². The number of rotatable bonds is 2. The quantitative estimate of drug-likeness (QED) is 0.568. The van der Waals surface area contributed by atoms with Gasteiger partial charge in [-0.1, -0.05) is 5.92 Å². The number of carbonyl (C=O) groups excluding carboxylic acids is 1. The van der Waals surface area contributed by atoms with E-state index in [9.17, 15) is 4.79 Å². The van der Waals surface area contributed by atoms with Gasteiger partial charge in [-0.3, -0.25) is 4.79 Å². The molecular weight excluding hydrogens is 152 g/mol. The predicted octanol–water partition coefficient (Wildman–Crippen LogP) is 1.09. The van der Waals surface area contributed by atoms with Gasteiger partial charge >= 0.3 is 0 Å². The van der Waals surface area contributed by atoms with Crippen molar-refractivity contribution in [1.82, 2.24) is 0 Å². The lowest BCUT2D eigenvalue weighted by atomic mass is 10.00. The van der Waals surface area contributed by atoms with Crippen molar-refractivity contribution < 1.29 is 9.53 Å². The van der Waals surface area contributed by atoms with Crippen LogP contribution >= 0.6 is 0 Å². The molecule has 0 atom stereocenters. The second kappa shape index (κ2) is 3.38. The first-order valence-corrected chi connectivity index (χ1v) is 3.66. The van der Waals surface area contributed by atoms with Crippen LogP contribution in [0.4, 0.5) is 0 Å². The monoisotopic (exact) mass is 162 g/mol. The smallest absolute Gasteiger partial charge is 0.178 e. The van der Waals surface area contributed by atoms with E-state index in [2.05, 4.69) is 5.92 Å². The third-order valence-corrected chi connectivity index (χ3v) is 1.62. The summed E-state index contributed by atoms with van der Waals surface area (Å²) in [6, 6.07) is 0. The third kappa shape index (κ3) is 2.08. The van der Waals surface area contributed by atoms with Crippen LogP contribution in [0.1, 0.15) is 6.92 Å². The fourth-order valence-electron chi connectivity index (χ4n) is 0.900. The molecule has 0 N–H and O–H groups in total. The first kappa shape index (κ1) is 8.76. The topological polar surface area (TPSA) is 26.3 Å². The van der Waals surface area contributed by atoms with Crippen LogP contribution in [-0.2, 0) is 9.53 Å². The van der Waals surface area contributed by atoms with Gasteiger partial charge in [0, 0.05) is 0 Å². The second-order valence-electron chi connectivity index (χ2n) is 2.75. The molecule has 0 unspecified atom stereocenters. The Bertz CT molecular complexity index is 263. The van der Waals surface area contributed by atoms with E-state index >= 15 is 0 Å². The van der Waals surface area contributed by atoms with E-state index in [1.54, 1.807) is 12.2 Å². The van der Waals surface area contributed by atoms with E-state index in [0.29, 0.717) is 0 Å². The van der Waals surface area contributed by atoms with E-state index in [-0.39, 0.29) is 12.4 Å². The molecule has 12 heavy (non-hydrogen) atoms. The highest BCUT2D eigenvalue weighted by atomic mass is 16.5. The number of terminal acetylenes is 1. The molecular formula is C10H10O2. The van der Waals surface area contributed by atoms with Gasteiger partial charge in [-0.2, -0.15) is 0 Å². The zero-order valence-corrected chi connectivity index (χ0v) is 6.91. The molecule has 1 rings (SSSR count). The summed E-state index contributed by atoms with van der Waals surface area (Å²) in [5, 5.41) is 0. The van der Waals surface area contributed by atoms with Crippen LogP contribution < -0.4 is 0 Å². The molecule has 62 valence electrons. The maximum atomic E-state index is 10.8. The maximum absolute atomic E-state index is 10.8. The van der Waals surface area contributed by atoms with E-state index < -0.39 is 5.60 Å². The van der Waals surface area contributed by atoms with Gasteiger partial charge in [-0.25, -0.2) is 0 Å². The summed E-state index contributed by atoms with van der Waals surface area (Å²) in [6.07, 6.45) is 11.4. The lowest BCUT2D eigenvalue weighted by molar-refractivity contribution is -0.110. The molecule has 0 aromatic carbocycles. The normalized spacial score (nSPS) is 19.2. The highest BCUT2D eigenvalue weighted by Gasteiger charge is 2.20. The van der Waals surface area contributed by atoms with Crippen LogP contribution in [-0.4, -0.2) is 18.0 Å². The minimum absolute atomic E-state index is 0.0169. The van der Waals surface area contributed by atoms with Crippen molar-refractivity contribution in [2.45, 2.75) is 12.5 Å². The molecule has 1 aliphatic carbocycles. The Labute approximate surface area is 71.9 Å². The van der Waals surface area contributed by atoms with Gasteiger partial charge in [0.2, 0.25) is 0 Å². The van der Waals surface area contributed by atoms with E-state index in [4.69, 9.17) is 11.2 Å². The van der Waals surface area contributed by atoms with Crippen molar-refractivity contribution in [2.24, 2.45) is 0 Å². The molecule has 0 spiro atoms. The van der Waals surface area contributed by atoms with Crippen LogP contribution in [0.5, 0.6) is 0 Å². The summed E-state index contributed by atoms with van der Waals surface area (Å²) in [7, 11) is 0. The van der Waals surface area contributed by atoms with E-state index in [1.165, 1.54) is 12.2 Å². The van der Waals surface area contributed by atoms with Crippen molar-refractivity contribution in [3.05, 3.63) is 24.3 Å². The Morgan fingerprint density at radius 2 is 2.17 bits per heavy atom. The predicted molar refractivity (Wildman–Crippen MR) is 46.5 cm³/mol. The number of ether oxygens (including phenoxy) is 1. The first-order chi connectivity index (χ1) is 5.66. The van der Waals surface area contributed by atoms with Crippen molar-refractivity contribution >= 4 is 5.78 Å². The molecule has 0 aromatic heterocycles. The Balaban J connectivity index is 2.63. The van der Waals surface area contributed by atoms with Crippen LogP contribution in [0.25, 0.3) is 0 Å². The summed E-state index contributed by atoms with van der Waals surface area (Å²) < 4.78 is 5.31. The van der Waals surface area contributed by atoms with Gasteiger partial charge in [0.15, 0.2) is 5.78 Å². The SMILES string of the molecule is C#CCOC1(C)C=CC(=O)C=C1. The number of hydrogen-bond acceptors (Lipinski definition) is 2. The van der Waals surface area contributed by atoms with Gasteiger partial charge in [-0.15, -0.1) is 6.42 Å². The molecule has 0 saturated carbocycles. The van der Waals surface area contributed by atoms with Crippen LogP contribution in [0.3, 0.4) is 0 Å². The summed E-state index contributed by atoms with van der Waals surface area (Å²) in [4.78, 5) is 10.8. The average molecular weight is 162 g/mol. The molecule has 1 aliphatic rings. The molecule has 0 fully saturated rings. The van der Waals surface area contributed by atoms with Crippen molar-refractivity contribution in [3.63, 3.8) is 0 Å². The summed E-state index contributed by atoms with van der Waals surface area (Å²) in [5.41, 5.74) is -0.514. The van der Waals surface area contributed by atoms with E-state index in [0.717, 1.165) is 0 Å². The van der Waals surface area contributed by atoms with Gasteiger partial charge in [0.05, 0.1) is 0 Å². The van der Waals surface area contributed by atoms with Gasteiger partial charge in [0.25, 0.3) is 0 Å². The fraction of sp³-hybridized carbons (Fsp3) is 0.300. The van der Waals surface area contributed by atoms with Crippen molar-refractivity contribution in [1.29, 1.82) is 0 Å². The minimum Gasteiger partial charge on any atom is -0.354 e. The molecule has 2 heteroatoms. The number of carbonyl (C=O) groups is 1. The van der Waals surface area contributed by atoms with Crippen molar-refractivity contribution in [2.75, 3.05) is 6.61 Å². The fourth-order valence-corrected chi connectivity index (χ4v) is 0.900. The molecule has 2 nitrogen and oxygen atoms in total. The maximum Gasteiger partial charge on any atom is 0.178 e. The van der Waals surface area contributed by atoms with Gasteiger partial charge in [0.1, 0.15) is 12.2 Å². The molecule has 0 radical (unpaired) electrons. The van der Waals surface area contributed by atoms with Gasteiger partial charge < -0.3 is 4.74 Å². The lowest BCUT2D eigenvalue weighted by Crippen LogP contribution is -2.26. The Morgan fingerprint density at radius 1 is 1.58 bits per heavy atom. The average Bonchev–Trinajstić information content (AvgIpc) is 2.08. The minimum atomic E-state index is -0.514. The molecule has 0 aliphatic heterocycles. The van der Waals surface area contributed by atoms with Gasteiger partial charge in [-0.05, 0) is 31.2 Å². The highest BCUT2D eigenvalue weighted by Crippen LogP contribution is 2.17. The largest absolute Gasteiger partial charge is 0.354 e. The van der Waals surface area contributed by atoms with Crippen molar-refractivity contribution in [3.8, 4) is 12.3 Å². The third-order valence-electron chi connectivity index (χ3n) is 1.62. The lowest BCUT2D eigenvalue weighted by Gasteiger charge is -2.22. The Hall–Kier alpha value is -1.33. The van der Waals surface area contributed by atoms with Crippen LogP contribution in [0.15, 0.2) is 24.3 Å². The second-order valence-corrected chi connectivity index (χ2v) is 2.75. The number of ketones is 1. The van der Waals surface area contributed by atoms with Crippen LogP contribution in [0, 0.1) is 12.3 Å². The zero-order valence-electron chi connectivity index (χ0n) is 6.91. The number of allylic oxidation sites excluding steroid dienone is 2. The molecule has 0 aromatic rings. The standard InChI is InChI=1S/C10H10O2/c1-3-8-12-10(2)6-4-9(11)5-7-10/h1,4-7H,8H2,2H3. The van der Waals surface area contributed by atoms with E-state index in [1.807, 2.05) is 6.92 Å². The molecule has 0 heterocycles. The first-order valence-electron chi connectivity index (χ1n) is 3.66. The molecule has 0 saturated heterocycles. The summed E-state index contributed by atoms with van der Waals surface area (Å²) in [6.45, 7) is 2.10. The number of hydrogen-bond donors (Lipinski definition) is 0. The summed E-state index contributed by atoms with van der Waals surface area (Å²) in [5.74, 6) is 2.36. The Morgan fingerprint density at radius 3 is 2.67 bits per heavy atom. The zero-order chi connectivity index (χ0) is 9.03.